The predicted molar refractivity (Wildman–Crippen MR) is 65.2 cm³/mol. The Bertz CT molecular complexity index is 390. The van der Waals surface area contributed by atoms with Gasteiger partial charge in [0.15, 0.2) is 0 Å². The lowest BCUT2D eigenvalue weighted by Gasteiger charge is -2.44. The molecule has 1 aromatic rings. The van der Waals surface area contributed by atoms with Crippen LogP contribution in [0.25, 0.3) is 0 Å². The van der Waals surface area contributed by atoms with E-state index >= 15 is 0 Å². The maximum absolute atomic E-state index is 5.10. The molecule has 5 heteroatoms. The van der Waals surface area contributed by atoms with Gasteiger partial charge in [-0.1, -0.05) is 0 Å². The molecule has 4 heterocycles. The van der Waals surface area contributed by atoms with Gasteiger partial charge in [-0.15, -0.1) is 0 Å². The third-order valence-corrected chi connectivity index (χ3v) is 3.81. The van der Waals surface area contributed by atoms with Crippen LogP contribution in [0.1, 0.15) is 12.8 Å². The van der Waals surface area contributed by atoms with E-state index in [9.17, 15) is 0 Å². The monoisotopic (exact) mass is 234 g/mol. The third kappa shape index (κ3) is 2.20. The first-order valence-corrected chi connectivity index (χ1v) is 6.21. The molecule has 0 spiro atoms. The molecule has 1 aromatic heterocycles. The van der Waals surface area contributed by atoms with Gasteiger partial charge in [0.25, 0.3) is 0 Å². The quantitative estimate of drug-likeness (QED) is 0.845. The predicted octanol–water partition coefficient (Wildman–Crippen LogP) is 0.991. The molecule has 0 radical (unpaired) electrons. The fraction of sp³-hybridized carbons (Fsp3) is 0.667. The molecule has 4 rings (SSSR count). The Labute approximate surface area is 101 Å². The summed E-state index contributed by atoms with van der Waals surface area (Å²) >= 11 is 0. The summed E-state index contributed by atoms with van der Waals surface area (Å²) in [7, 11) is 1.63. The maximum atomic E-state index is 5.10. The van der Waals surface area contributed by atoms with Crippen LogP contribution >= 0.6 is 0 Å². The van der Waals surface area contributed by atoms with E-state index in [-0.39, 0.29) is 0 Å². The van der Waals surface area contributed by atoms with Gasteiger partial charge in [-0.25, -0.2) is 4.98 Å². The maximum Gasteiger partial charge on any atom is 0.226 e. The van der Waals surface area contributed by atoms with Crippen molar-refractivity contribution in [3.8, 4) is 5.88 Å². The average molecular weight is 234 g/mol. The highest BCUT2D eigenvalue weighted by atomic mass is 16.5. The highest BCUT2D eigenvalue weighted by Gasteiger charge is 2.34. The zero-order valence-corrected chi connectivity index (χ0v) is 10.1. The van der Waals surface area contributed by atoms with Crippen molar-refractivity contribution in [3.05, 3.63) is 12.3 Å². The number of aromatic nitrogens is 2. The Morgan fingerprint density at radius 1 is 1.41 bits per heavy atom. The van der Waals surface area contributed by atoms with Crippen molar-refractivity contribution in [2.45, 2.75) is 18.9 Å². The lowest BCUT2D eigenvalue weighted by molar-refractivity contribution is 0.0972. The molecule has 2 bridgehead atoms. The molecule has 3 aliphatic rings. The third-order valence-electron chi connectivity index (χ3n) is 3.81. The van der Waals surface area contributed by atoms with Crippen LogP contribution < -0.4 is 10.1 Å². The van der Waals surface area contributed by atoms with Crippen LogP contribution in [0.4, 0.5) is 5.95 Å². The highest BCUT2D eigenvalue weighted by Crippen LogP contribution is 2.29. The largest absolute Gasteiger partial charge is 0.481 e. The van der Waals surface area contributed by atoms with Crippen molar-refractivity contribution < 1.29 is 4.74 Å². The lowest BCUT2D eigenvalue weighted by atomic mass is 9.84. The van der Waals surface area contributed by atoms with Gasteiger partial charge < -0.3 is 15.0 Å². The summed E-state index contributed by atoms with van der Waals surface area (Å²) in [4.78, 5) is 11.1. The van der Waals surface area contributed by atoms with Crippen LogP contribution in [0.5, 0.6) is 5.88 Å². The first kappa shape index (κ1) is 10.8. The molecular formula is C12H18N4O. The molecule has 92 valence electrons. The summed E-state index contributed by atoms with van der Waals surface area (Å²) in [5.41, 5.74) is 0. The van der Waals surface area contributed by atoms with E-state index in [2.05, 4.69) is 20.2 Å². The summed E-state index contributed by atoms with van der Waals surface area (Å²) in [6, 6.07) is 2.26. The number of hydrogen-bond acceptors (Lipinski definition) is 5. The van der Waals surface area contributed by atoms with Gasteiger partial charge in [-0.05, 0) is 31.8 Å². The van der Waals surface area contributed by atoms with Crippen LogP contribution in [-0.2, 0) is 0 Å². The van der Waals surface area contributed by atoms with Crippen LogP contribution in [0.3, 0.4) is 0 Å². The molecule has 17 heavy (non-hydrogen) atoms. The van der Waals surface area contributed by atoms with Gasteiger partial charge >= 0.3 is 0 Å². The number of anilines is 1. The molecule has 1 atom stereocenters. The number of nitrogens with zero attached hydrogens (tertiary/aromatic N) is 3. The van der Waals surface area contributed by atoms with Gasteiger partial charge in [0, 0.05) is 24.8 Å². The number of piperidine rings is 3. The molecule has 3 saturated heterocycles. The molecular weight excluding hydrogens is 216 g/mol. The van der Waals surface area contributed by atoms with Gasteiger partial charge in [-0.3, -0.25) is 0 Å². The summed E-state index contributed by atoms with van der Waals surface area (Å²) in [6.45, 7) is 3.62. The van der Waals surface area contributed by atoms with Gasteiger partial charge in [0.2, 0.25) is 11.8 Å². The topological polar surface area (TPSA) is 50.3 Å². The molecule has 0 aromatic carbocycles. The van der Waals surface area contributed by atoms with E-state index in [1.54, 1.807) is 19.4 Å². The Morgan fingerprint density at radius 2 is 2.24 bits per heavy atom. The van der Waals surface area contributed by atoms with Crippen LogP contribution in [0.15, 0.2) is 12.3 Å². The second-order valence-corrected chi connectivity index (χ2v) is 4.81. The van der Waals surface area contributed by atoms with Gasteiger partial charge in [-0.2, -0.15) is 4.98 Å². The van der Waals surface area contributed by atoms with Gasteiger partial charge in [0.05, 0.1) is 7.11 Å². The van der Waals surface area contributed by atoms with Gasteiger partial charge in [0.1, 0.15) is 0 Å². The minimum atomic E-state index is 0.490. The first-order chi connectivity index (χ1) is 8.35. The first-order valence-electron chi connectivity index (χ1n) is 6.21. The van der Waals surface area contributed by atoms with E-state index in [0.717, 1.165) is 12.5 Å². The minimum absolute atomic E-state index is 0.490. The number of ether oxygens (including phenoxy) is 1. The van der Waals surface area contributed by atoms with Crippen molar-refractivity contribution in [2.24, 2.45) is 5.92 Å². The number of nitrogens with one attached hydrogen (secondary N) is 1. The summed E-state index contributed by atoms with van der Waals surface area (Å²) < 4.78 is 5.10. The average Bonchev–Trinajstić information content (AvgIpc) is 2.40. The normalized spacial score (nSPS) is 31.2. The van der Waals surface area contributed by atoms with Crippen molar-refractivity contribution in [1.29, 1.82) is 0 Å². The molecule has 1 unspecified atom stereocenters. The van der Waals surface area contributed by atoms with E-state index in [1.165, 1.54) is 25.9 Å². The van der Waals surface area contributed by atoms with Crippen LogP contribution in [-0.4, -0.2) is 47.7 Å². The summed E-state index contributed by atoms with van der Waals surface area (Å²) in [5, 5.41) is 3.44. The smallest absolute Gasteiger partial charge is 0.226 e. The van der Waals surface area contributed by atoms with Crippen molar-refractivity contribution in [1.82, 2.24) is 14.9 Å². The summed E-state index contributed by atoms with van der Waals surface area (Å²) in [5.74, 6) is 2.07. The van der Waals surface area contributed by atoms with E-state index in [4.69, 9.17) is 4.74 Å². The van der Waals surface area contributed by atoms with E-state index in [0.29, 0.717) is 17.9 Å². The second kappa shape index (κ2) is 4.49. The Hall–Kier alpha value is -1.36. The Balaban J connectivity index is 1.70. The SMILES string of the molecule is COc1ccnc(NC2CN3CCC2CC3)n1. The van der Waals surface area contributed by atoms with Crippen molar-refractivity contribution in [3.63, 3.8) is 0 Å². The molecule has 3 aliphatic heterocycles. The number of fused-ring (bicyclic) bond motifs is 3. The fourth-order valence-corrected chi connectivity index (χ4v) is 2.82. The zero-order chi connectivity index (χ0) is 11.7. The van der Waals surface area contributed by atoms with E-state index in [1.807, 2.05) is 0 Å². The minimum Gasteiger partial charge on any atom is -0.481 e. The molecule has 5 nitrogen and oxygen atoms in total. The molecule has 3 fully saturated rings. The highest BCUT2D eigenvalue weighted by molar-refractivity contribution is 5.29. The van der Waals surface area contributed by atoms with Crippen molar-refractivity contribution >= 4 is 5.95 Å². The zero-order valence-electron chi connectivity index (χ0n) is 10.1. The molecule has 1 N–H and O–H groups in total. The molecule has 0 aliphatic carbocycles. The van der Waals surface area contributed by atoms with Crippen molar-refractivity contribution in [2.75, 3.05) is 32.1 Å². The standard InChI is InChI=1S/C12H18N4O/c1-17-11-2-5-13-12(15-11)14-10-8-16-6-3-9(10)4-7-16/h2,5,9-10H,3-4,6-8H2,1H3,(H,13,14,15). The summed E-state index contributed by atoms with van der Waals surface area (Å²) in [6.07, 6.45) is 4.32. The Morgan fingerprint density at radius 3 is 2.88 bits per heavy atom. The fourth-order valence-electron chi connectivity index (χ4n) is 2.82. The second-order valence-electron chi connectivity index (χ2n) is 4.81. The Kier molecular flexibility index (Phi) is 2.84. The number of rotatable bonds is 3. The van der Waals surface area contributed by atoms with Crippen LogP contribution in [0, 0.1) is 5.92 Å². The number of hydrogen-bond donors (Lipinski definition) is 1. The number of methoxy groups -OCH3 is 1. The lowest BCUT2D eigenvalue weighted by Crippen LogP contribution is -2.53. The molecule has 0 amide bonds. The molecule has 0 saturated carbocycles. The van der Waals surface area contributed by atoms with Crippen LogP contribution in [0.2, 0.25) is 0 Å². The van der Waals surface area contributed by atoms with E-state index < -0.39 is 0 Å².